The number of esters is 1. The maximum Gasteiger partial charge on any atom is 0.343 e. The van der Waals surface area contributed by atoms with Gasteiger partial charge in [0, 0.05) is 11.1 Å². The van der Waals surface area contributed by atoms with Gasteiger partial charge in [0.1, 0.15) is 5.75 Å². The standard InChI is InChI=1S/C26H20F4O3/c1-2-3-4-13-32-20-10-7-17(8-11-20)5-6-18-14-23(29)25(24(30)15-18)33-26(31)19-9-12-21(27)22(28)16-19/h7-12,14-16H,2-4,13H2,1H3. The molecule has 33 heavy (non-hydrogen) atoms. The first kappa shape index (κ1) is 23.9. The van der Waals surface area contributed by atoms with Crippen molar-refractivity contribution in [3.8, 4) is 23.3 Å². The molecular weight excluding hydrogens is 436 g/mol. The maximum atomic E-state index is 14.3. The molecule has 0 amide bonds. The first-order valence-electron chi connectivity index (χ1n) is 10.3. The third-order valence-corrected chi connectivity index (χ3v) is 4.57. The number of halogens is 4. The van der Waals surface area contributed by atoms with E-state index in [1.54, 1.807) is 24.3 Å². The predicted octanol–water partition coefficient (Wildman–Crippen LogP) is 6.43. The Morgan fingerprint density at radius 2 is 1.45 bits per heavy atom. The predicted molar refractivity (Wildman–Crippen MR) is 115 cm³/mol. The second-order valence-electron chi connectivity index (χ2n) is 7.12. The van der Waals surface area contributed by atoms with Crippen LogP contribution in [0.4, 0.5) is 17.6 Å². The second kappa shape index (κ2) is 11.2. The quantitative estimate of drug-likeness (QED) is 0.135. The Balaban J connectivity index is 1.68. The summed E-state index contributed by atoms with van der Waals surface area (Å²) in [6.45, 7) is 2.74. The first-order valence-corrected chi connectivity index (χ1v) is 10.3. The summed E-state index contributed by atoms with van der Waals surface area (Å²) in [6.07, 6.45) is 3.18. The molecule has 0 unspecified atom stereocenters. The SMILES string of the molecule is CCCCCOc1ccc(C#Cc2cc(F)c(OC(=O)c3ccc(F)c(F)c3)c(F)c2)cc1. The zero-order valence-electron chi connectivity index (χ0n) is 17.8. The van der Waals surface area contributed by atoms with Crippen LogP contribution in [0.5, 0.6) is 11.5 Å². The summed E-state index contributed by atoms with van der Waals surface area (Å²) < 4.78 is 65.3. The van der Waals surface area contributed by atoms with Crippen LogP contribution in [0, 0.1) is 35.1 Å². The fraction of sp³-hybridized carbons (Fsp3) is 0.192. The zero-order chi connectivity index (χ0) is 23.8. The topological polar surface area (TPSA) is 35.5 Å². The highest BCUT2D eigenvalue weighted by atomic mass is 19.2. The third kappa shape index (κ3) is 6.59. The molecule has 3 aromatic carbocycles. The Labute approximate surface area is 189 Å². The van der Waals surface area contributed by atoms with Gasteiger partial charge in [-0.15, -0.1) is 0 Å². The number of carbonyl (C=O) groups excluding carboxylic acids is 1. The number of benzene rings is 3. The average Bonchev–Trinajstić information content (AvgIpc) is 2.80. The highest BCUT2D eigenvalue weighted by molar-refractivity contribution is 5.91. The van der Waals surface area contributed by atoms with Crippen molar-refractivity contribution < 1.29 is 31.8 Å². The highest BCUT2D eigenvalue weighted by Gasteiger charge is 2.18. The summed E-state index contributed by atoms with van der Waals surface area (Å²) in [7, 11) is 0. The molecule has 0 aliphatic carbocycles. The molecule has 0 saturated heterocycles. The number of carbonyl (C=O) groups is 1. The Hall–Kier alpha value is -3.79. The van der Waals surface area contributed by atoms with Crippen LogP contribution in [-0.4, -0.2) is 12.6 Å². The van der Waals surface area contributed by atoms with Crippen LogP contribution in [0.2, 0.25) is 0 Å². The van der Waals surface area contributed by atoms with Gasteiger partial charge >= 0.3 is 5.97 Å². The number of ether oxygens (including phenoxy) is 2. The molecule has 0 bridgehead atoms. The van der Waals surface area contributed by atoms with Gasteiger partial charge in [0.25, 0.3) is 0 Å². The van der Waals surface area contributed by atoms with E-state index in [1.165, 1.54) is 0 Å². The van der Waals surface area contributed by atoms with Crippen LogP contribution < -0.4 is 9.47 Å². The second-order valence-corrected chi connectivity index (χ2v) is 7.12. The minimum Gasteiger partial charge on any atom is -0.494 e. The molecule has 0 saturated carbocycles. The molecule has 0 N–H and O–H groups in total. The lowest BCUT2D eigenvalue weighted by Crippen LogP contribution is -2.11. The van der Waals surface area contributed by atoms with Crippen LogP contribution in [0.3, 0.4) is 0 Å². The summed E-state index contributed by atoms with van der Waals surface area (Å²) in [5.74, 6) is -0.818. The molecule has 0 atom stereocenters. The van der Waals surface area contributed by atoms with Crippen LogP contribution in [0.25, 0.3) is 0 Å². The van der Waals surface area contributed by atoms with Crippen molar-refractivity contribution >= 4 is 5.97 Å². The molecule has 0 fully saturated rings. The third-order valence-electron chi connectivity index (χ3n) is 4.57. The first-order chi connectivity index (χ1) is 15.9. The van der Waals surface area contributed by atoms with E-state index in [9.17, 15) is 22.4 Å². The molecule has 0 aliphatic heterocycles. The van der Waals surface area contributed by atoms with Gasteiger partial charge in [-0.2, -0.15) is 0 Å². The molecule has 0 aliphatic rings. The van der Waals surface area contributed by atoms with E-state index in [2.05, 4.69) is 18.8 Å². The van der Waals surface area contributed by atoms with E-state index in [0.717, 1.165) is 37.5 Å². The largest absolute Gasteiger partial charge is 0.494 e. The summed E-state index contributed by atoms with van der Waals surface area (Å²) in [5.41, 5.74) is 0.248. The fourth-order valence-corrected chi connectivity index (χ4v) is 2.83. The van der Waals surface area contributed by atoms with Crippen LogP contribution in [0.1, 0.15) is 47.7 Å². The van der Waals surface area contributed by atoms with Gasteiger partial charge in [-0.05, 0) is 61.0 Å². The van der Waals surface area contributed by atoms with Gasteiger partial charge in [0.05, 0.1) is 12.2 Å². The summed E-state index contributed by atoms with van der Waals surface area (Å²) in [4.78, 5) is 12.0. The molecule has 7 heteroatoms. The molecule has 3 nitrogen and oxygen atoms in total. The Morgan fingerprint density at radius 1 is 0.788 bits per heavy atom. The molecule has 3 rings (SSSR count). The minimum atomic E-state index is -1.29. The van der Waals surface area contributed by atoms with E-state index < -0.39 is 40.6 Å². The number of hydrogen-bond donors (Lipinski definition) is 0. The lowest BCUT2D eigenvalue weighted by Gasteiger charge is -2.07. The normalized spacial score (nSPS) is 10.3. The van der Waals surface area contributed by atoms with Crippen molar-refractivity contribution in [2.45, 2.75) is 26.2 Å². The van der Waals surface area contributed by atoms with Crippen molar-refractivity contribution in [2.75, 3.05) is 6.61 Å². The Bertz CT molecular complexity index is 1170. The van der Waals surface area contributed by atoms with Gasteiger partial charge in [-0.25, -0.2) is 22.4 Å². The average molecular weight is 456 g/mol. The summed E-state index contributed by atoms with van der Waals surface area (Å²) in [6, 6.07) is 11.0. The Morgan fingerprint density at radius 3 is 2.09 bits per heavy atom. The fourth-order valence-electron chi connectivity index (χ4n) is 2.83. The maximum absolute atomic E-state index is 14.3. The van der Waals surface area contributed by atoms with E-state index in [4.69, 9.17) is 9.47 Å². The van der Waals surface area contributed by atoms with Crippen molar-refractivity contribution in [1.82, 2.24) is 0 Å². The van der Waals surface area contributed by atoms with Crippen molar-refractivity contribution in [2.24, 2.45) is 0 Å². The van der Waals surface area contributed by atoms with Crippen LogP contribution in [0.15, 0.2) is 54.6 Å². The molecule has 0 radical (unpaired) electrons. The molecule has 170 valence electrons. The Kier molecular flexibility index (Phi) is 8.09. The van der Waals surface area contributed by atoms with Crippen molar-refractivity contribution in [1.29, 1.82) is 0 Å². The molecule has 0 spiro atoms. The molecule has 0 aromatic heterocycles. The zero-order valence-corrected chi connectivity index (χ0v) is 17.8. The summed E-state index contributed by atoms with van der Waals surface area (Å²) >= 11 is 0. The van der Waals surface area contributed by atoms with E-state index in [0.29, 0.717) is 30.1 Å². The lowest BCUT2D eigenvalue weighted by molar-refractivity contribution is 0.0719. The van der Waals surface area contributed by atoms with Crippen molar-refractivity contribution in [3.63, 3.8) is 0 Å². The van der Waals surface area contributed by atoms with Gasteiger partial charge < -0.3 is 9.47 Å². The monoisotopic (exact) mass is 456 g/mol. The molecule has 0 heterocycles. The smallest absolute Gasteiger partial charge is 0.343 e. The molecule has 3 aromatic rings. The summed E-state index contributed by atoms with van der Waals surface area (Å²) in [5, 5.41) is 0. The number of hydrogen-bond acceptors (Lipinski definition) is 3. The van der Waals surface area contributed by atoms with E-state index >= 15 is 0 Å². The van der Waals surface area contributed by atoms with Gasteiger partial charge in [-0.3, -0.25) is 0 Å². The van der Waals surface area contributed by atoms with Gasteiger partial charge in [0.15, 0.2) is 23.3 Å². The van der Waals surface area contributed by atoms with Crippen molar-refractivity contribution in [3.05, 3.63) is 94.6 Å². The molecular formula is C26H20F4O3. The lowest BCUT2D eigenvalue weighted by atomic mass is 10.1. The van der Waals surface area contributed by atoms with Crippen LogP contribution in [-0.2, 0) is 0 Å². The minimum absolute atomic E-state index is 0.0255. The highest BCUT2D eigenvalue weighted by Crippen LogP contribution is 2.24. The van der Waals surface area contributed by atoms with Crippen LogP contribution >= 0.6 is 0 Å². The van der Waals surface area contributed by atoms with Gasteiger partial charge in [0.2, 0.25) is 5.75 Å². The number of unbranched alkanes of at least 4 members (excludes halogenated alkanes) is 2. The van der Waals surface area contributed by atoms with E-state index in [-0.39, 0.29) is 5.56 Å². The number of rotatable bonds is 7. The van der Waals surface area contributed by atoms with E-state index in [1.807, 2.05) is 0 Å². The van der Waals surface area contributed by atoms with Gasteiger partial charge in [-0.1, -0.05) is 31.6 Å².